The second kappa shape index (κ2) is 2.47. The first kappa shape index (κ1) is 6.91. The molecule has 0 spiro atoms. The SMILES string of the molecule is C1=CC2=NC3=NN=CC3OC2C=C1. The van der Waals surface area contributed by atoms with Crippen molar-refractivity contribution in [2.45, 2.75) is 12.2 Å². The number of aliphatic imine (C=N–C) groups is 1. The summed E-state index contributed by atoms with van der Waals surface area (Å²) in [5, 5.41) is 7.63. The Morgan fingerprint density at radius 3 is 3.23 bits per heavy atom. The number of hydrogen-bond acceptors (Lipinski definition) is 4. The molecule has 3 rings (SSSR count). The second-order valence-electron chi connectivity index (χ2n) is 2.98. The first-order chi connectivity index (χ1) is 6.43. The van der Waals surface area contributed by atoms with E-state index in [4.69, 9.17) is 4.74 Å². The van der Waals surface area contributed by atoms with Gasteiger partial charge in [0.1, 0.15) is 6.10 Å². The maximum Gasteiger partial charge on any atom is 0.186 e. The Morgan fingerprint density at radius 2 is 2.23 bits per heavy atom. The molecule has 13 heavy (non-hydrogen) atoms. The van der Waals surface area contributed by atoms with Crippen molar-refractivity contribution >= 4 is 17.8 Å². The lowest BCUT2D eigenvalue weighted by atomic mass is 10.1. The van der Waals surface area contributed by atoms with Crippen LogP contribution in [0.3, 0.4) is 0 Å². The van der Waals surface area contributed by atoms with E-state index >= 15 is 0 Å². The molecule has 0 aromatic rings. The summed E-state index contributed by atoms with van der Waals surface area (Å²) in [6.07, 6.45) is 9.29. The molecular formula is C9H7N3O. The topological polar surface area (TPSA) is 46.3 Å². The lowest BCUT2D eigenvalue weighted by molar-refractivity contribution is 0.129. The van der Waals surface area contributed by atoms with Gasteiger partial charge in [-0.2, -0.15) is 5.10 Å². The smallest absolute Gasteiger partial charge is 0.186 e. The predicted molar refractivity (Wildman–Crippen MR) is 50.3 cm³/mol. The number of amidine groups is 1. The van der Waals surface area contributed by atoms with Gasteiger partial charge in [0.2, 0.25) is 0 Å². The van der Waals surface area contributed by atoms with E-state index < -0.39 is 0 Å². The quantitative estimate of drug-likeness (QED) is 0.532. The predicted octanol–water partition coefficient (Wildman–Crippen LogP) is 0.719. The highest BCUT2D eigenvalue weighted by molar-refractivity contribution is 6.15. The molecule has 0 N–H and O–H groups in total. The van der Waals surface area contributed by atoms with Gasteiger partial charge in [0.15, 0.2) is 11.9 Å². The van der Waals surface area contributed by atoms with Gasteiger partial charge in [0.05, 0.1) is 11.9 Å². The van der Waals surface area contributed by atoms with Crippen molar-refractivity contribution in [1.82, 2.24) is 0 Å². The molecule has 4 nitrogen and oxygen atoms in total. The van der Waals surface area contributed by atoms with Crippen LogP contribution in [0.5, 0.6) is 0 Å². The lowest BCUT2D eigenvalue weighted by Gasteiger charge is -2.24. The van der Waals surface area contributed by atoms with E-state index in [0.29, 0.717) is 5.84 Å². The van der Waals surface area contributed by atoms with Gasteiger partial charge in [-0.25, -0.2) is 4.99 Å². The summed E-state index contributed by atoms with van der Waals surface area (Å²) in [5.41, 5.74) is 0.906. The Morgan fingerprint density at radius 1 is 1.23 bits per heavy atom. The van der Waals surface area contributed by atoms with Crippen molar-refractivity contribution in [2.75, 3.05) is 0 Å². The minimum absolute atomic E-state index is 0.0292. The maximum absolute atomic E-state index is 5.67. The van der Waals surface area contributed by atoms with E-state index in [1.54, 1.807) is 6.21 Å². The molecule has 0 aromatic carbocycles. The monoisotopic (exact) mass is 173 g/mol. The van der Waals surface area contributed by atoms with Crippen LogP contribution in [0.25, 0.3) is 0 Å². The Balaban J connectivity index is 2.04. The van der Waals surface area contributed by atoms with Crippen LogP contribution in [0.2, 0.25) is 0 Å². The van der Waals surface area contributed by atoms with Crippen LogP contribution in [-0.2, 0) is 4.74 Å². The summed E-state index contributed by atoms with van der Waals surface area (Å²) < 4.78 is 5.67. The van der Waals surface area contributed by atoms with E-state index in [1.165, 1.54) is 0 Å². The van der Waals surface area contributed by atoms with Crippen LogP contribution in [0.4, 0.5) is 0 Å². The summed E-state index contributed by atoms with van der Waals surface area (Å²) >= 11 is 0. The zero-order chi connectivity index (χ0) is 8.67. The van der Waals surface area contributed by atoms with Crippen molar-refractivity contribution in [3.63, 3.8) is 0 Å². The Kier molecular flexibility index (Phi) is 1.31. The number of ether oxygens (including phenoxy) is 1. The van der Waals surface area contributed by atoms with Gasteiger partial charge in [-0.3, -0.25) is 0 Å². The van der Waals surface area contributed by atoms with Crippen LogP contribution in [0.1, 0.15) is 0 Å². The van der Waals surface area contributed by atoms with Crippen LogP contribution >= 0.6 is 0 Å². The van der Waals surface area contributed by atoms with Gasteiger partial charge in [0.25, 0.3) is 0 Å². The number of nitrogens with zero attached hydrogens (tertiary/aromatic N) is 3. The average Bonchev–Trinajstić information content (AvgIpc) is 2.61. The minimum atomic E-state index is -0.148. The van der Waals surface area contributed by atoms with Crippen LogP contribution in [0.15, 0.2) is 39.5 Å². The zero-order valence-corrected chi connectivity index (χ0v) is 6.79. The molecule has 1 aliphatic carbocycles. The molecule has 4 heteroatoms. The average molecular weight is 173 g/mol. The van der Waals surface area contributed by atoms with Gasteiger partial charge in [0, 0.05) is 0 Å². The summed E-state index contributed by atoms with van der Waals surface area (Å²) in [4.78, 5) is 4.34. The van der Waals surface area contributed by atoms with Gasteiger partial charge in [-0.15, -0.1) is 5.10 Å². The second-order valence-corrected chi connectivity index (χ2v) is 2.98. The summed E-state index contributed by atoms with van der Waals surface area (Å²) in [7, 11) is 0. The summed E-state index contributed by atoms with van der Waals surface area (Å²) in [6.45, 7) is 0. The molecule has 0 bridgehead atoms. The van der Waals surface area contributed by atoms with E-state index in [0.717, 1.165) is 5.71 Å². The van der Waals surface area contributed by atoms with Gasteiger partial charge in [-0.05, 0) is 12.2 Å². The molecule has 0 aromatic heterocycles. The normalized spacial score (nSPS) is 33.8. The van der Waals surface area contributed by atoms with Crippen molar-refractivity contribution < 1.29 is 4.74 Å². The molecule has 2 unspecified atom stereocenters. The fraction of sp³-hybridized carbons (Fsp3) is 0.222. The first-order valence-corrected chi connectivity index (χ1v) is 4.13. The highest BCUT2D eigenvalue weighted by atomic mass is 16.5. The van der Waals surface area contributed by atoms with Crippen LogP contribution in [0, 0.1) is 0 Å². The molecule has 64 valence electrons. The molecule has 2 heterocycles. The minimum Gasteiger partial charge on any atom is -0.351 e. The fourth-order valence-corrected chi connectivity index (χ4v) is 1.48. The van der Waals surface area contributed by atoms with E-state index in [9.17, 15) is 0 Å². The van der Waals surface area contributed by atoms with Crippen molar-refractivity contribution in [2.24, 2.45) is 15.2 Å². The highest BCUT2D eigenvalue weighted by Crippen LogP contribution is 2.17. The third-order valence-corrected chi connectivity index (χ3v) is 2.11. The molecule has 2 aliphatic heterocycles. The molecule has 0 fully saturated rings. The van der Waals surface area contributed by atoms with E-state index in [2.05, 4.69) is 15.2 Å². The van der Waals surface area contributed by atoms with E-state index in [1.807, 2.05) is 24.3 Å². The molecule has 0 amide bonds. The molecule has 3 aliphatic rings. The van der Waals surface area contributed by atoms with Crippen molar-refractivity contribution in [3.05, 3.63) is 24.3 Å². The standard InChI is InChI=1S/C9H7N3O/c1-2-4-7-6(3-1)11-9-8(13-7)5-10-12-9/h1-5,7-8H. The summed E-state index contributed by atoms with van der Waals surface area (Å²) in [5.74, 6) is 0.659. The molecule has 0 radical (unpaired) electrons. The number of allylic oxidation sites excluding steroid dienone is 2. The Bertz CT molecular complexity index is 390. The third-order valence-electron chi connectivity index (χ3n) is 2.11. The largest absolute Gasteiger partial charge is 0.351 e. The van der Waals surface area contributed by atoms with Gasteiger partial charge < -0.3 is 4.74 Å². The number of fused-ring (bicyclic) bond motifs is 2. The van der Waals surface area contributed by atoms with Crippen LogP contribution in [-0.4, -0.2) is 30.0 Å². The number of rotatable bonds is 0. The molecule has 0 saturated carbocycles. The van der Waals surface area contributed by atoms with Gasteiger partial charge >= 0.3 is 0 Å². The van der Waals surface area contributed by atoms with Gasteiger partial charge in [-0.1, -0.05) is 12.2 Å². The molecule has 2 atom stereocenters. The first-order valence-electron chi connectivity index (χ1n) is 4.13. The molecular weight excluding hydrogens is 166 g/mol. The maximum atomic E-state index is 5.67. The Labute approximate surface area is 75.0 Å². The molecule has 0 saturated heterocycles. The fourth-order valence-electron chi connectivity index (χ4n) is 1.48. The highest BCUT2D eigenvalue weighted by Gasteiger charge is 2.30. The number of hydrogen-bond donors (Lipinski definition) is 0. The zero-order valence-electron chi connectivity index (χ0n) is 6.79. The lowest BCUT2D eigenvalue weighted by Crippen LogP contribution is -2.37. The third kappa shape index (κ3) is 0.990. The Hall–Kier alpha value is -1.55. The summed E-state index contributed by atoms with van der Waals surface area (Å²) in [6, 6.07) is 0. The van der Waals surface area contributed by atoms with Crippen molar-refractivity contribution in [3.8, 4) is 0 Å². The van der Waals surface area contributed by atoms with Crippen molar-refractivity contribution in [1.29, 1.82) is 0 Å². The van der Waals surface area contributed by atoms with E-state index in [-0.39, 0.29) is 12.2 Å². The van der Waals surface area contributed by atoms with Crippen LogP contribution < -0.4 is 0 Å².